The molecule has 0 radical (unpaired) electrons. The fourth-order valence-electron chi connectivity index (χ4n) is 1.57. The minimum absolute atomic E-state index is 0.00684. The van der Waals surface area contributed by atoms with Gasteiger partial charge in [-0.05, 0) is 12.0 Å². The van der Waals surface area contributed by atoms with Gasteiger partial charge in [-0.3, -0.25) is 0 Å². The summed E-state index contributed by atoms with van der Waals surface area (Å²) in [5, 5.41) is 12.5. The van der Waals surface area contributed by atoms with Crippen LogP contribution in [0.2, 0.25) is 0 Å². The van der Waals surface area contributed by atoms with Gasteiger partial charge in [0.1, 0.15) is 0 Å². The van der Waals surface area contributed by atoms with E-state index in [0.717, 1.165) is 5.56 Å². The fraction of sp³-hybridized carbons (Fsp3) is 0.333. The average molecular weight is 233 g/mol. The van der Waals surface area contributed by atoms with Crippen LogP contribution in [0.15, 0.2) is 34.9 Å². The third-order valence-corrected chi connectivity index (χ3v) is 2.43. The summed E-state index contributed by atoms with van der Waals surface area (Å²) in [4.78, 5) is 4.13. The Balaban J connectivity index is 2.01. The number of hydrogen-bond acceptors (Lipinski definition) is 5. The molecule has 0 aliphatic rings. The van der Waals surface area contributed by atoms with Crippen molar-refractivity contribution in [1.82, 2.24) is 10.1 Å². The molecule has 5 nitrogen and oxygen atoms in total. The van der Waals surface area contributed by atoms with Gasteiger partial charge in [-0.2, -0.15) is 4.98 Å². The number of aromatic nitrogens is 2. The van der Waals surface area contributed by atoms with Crippen LogP contribution in [0.25, 0.3) is 0 Å². The van der Waals surface area contributed by atoms with E-state index in [2.05, 4.69) is 10.1 Å². The van der Waals surface area contributed by atoms with Crippen LogP contribution in [0, 0.1) is 0 Å². The van der Waals surface area contributed by atoms with Gasteiger partial charge in [-0.25, -0.2) is 0 Å². The first-order valence-electron chi connectivity index (χ1n) is 5.52. The standard InChI is InChI=1S/C12H15N3O2/c13-10(8-9-4-2-1-3-5-9)12-14-11(6-7-16)15-17-12/h1-5,10,16H,6-8,13H2. The van der Waals surface area contributed by atoms with E-state index in [1.165, 1.54) is 0 Å². The van der Waals surface area contributed by atoms with Gasteiger partial charge in [-0.1, -0.05) is 35.5 Å². The maximum absolute atomic E-state index is 8.75. The Morgan fingerprint density at radius 2 is 2.06 bits per heavy atom. The molecule has 0 saturated carbocycles. The smallest absolute Gasteiger partial charge is 0.243 e. The average Bonchev–Trinajstić information content (AvgIpc) is 2.79. The fourth-order valence-corrected chi connectivity index (χ4v) is 1.57. The van der Waals surface area contributed by atoms with Crippen molar-refractivity contribution < 1.29 is 9.63 Å². The van der Waals surface area contributed by atoms with Crippen molar-refractivity contribution in [2.24, 2.45) is 5.73 Å². The maximum Gasteiger partial charge on any atom is 0.243 e. The predicted octanol–water partition coefficient (Wildman–Crippen LogP) is 0.847. The predicted molar refractivity (Wildman–Crippen MR) is 62.2 cm³/mol. The van der Waals surface area contributed by atoms with Crippen LogP contribution in [0.4, 0.5) is 0 Å². The molecule has 2 rings (SSSR count). The highest BCUT2D eigenvalue weighted by Crippen LogP contribution is 2.14. The zero-order chi connectivity index (χ0) is 12.1. The largest absolute Gasteiger partial charge is 0.396 e. The number of benzene rings is 1. The molecule has 1 unspecified atom stereocenters. The second-order valence-electron chi connectivity index (χ2n) is 3.82. The number of aliphatic hydroxyl groups is 1. The van der Waals surface area contributed by atoms with Gasteiger partial charge in [0, 0.05) is 6.42 Å². The molecule has 0 bridgehead atoms. The molecule has 0 spiro atoms. The van der Waals surface area contributed by atoms with Crippen molar-refractivity contribution in [3.8, 4) is 0 Å². The van der Waals surface area contributed by atoms with Crippen LogP contribution < -0.4 is 5.73 Å². The van der Waals surface area contributed by atoms with Crippen LogP contribution in [0.1, 0.15) is 23.3 Å². The molecule has 0 saturated heterocycles. The van der Waals surface area contributed by atoms with Crippen molar-refractivity contribution in [2.45, 2.75) is 18.9 Å². The van der Waals surface area contributed by atoms with Crippen LogP contribution in [0.5, 0.6) is 0 Å². The van der Waals surface area contributed by atoms with E-state index < -0.39 is 0 Å². The van der Waals surface area contributed by atoms with E-state index in [0.29, 0.717) is 24.6 Å². The summed E-state index contributed by atoms with van der Waals surface area (Å²) in [6.07, 6.45) is 1.04. The second-order valence-corrected chi connectivity index (χ2v) is 3.82. The minimum atomic E-state index is -0.308. The topological polar surface area (TPSA) is 85.2 Å². The molecule has 0 aliphatic heterocycles. The van der Waals surface area contributed by atoms with Crippen LogP contribution in [-0.4, -0.2) is 21.9 Å². The molecule has 0 amide bonds. The molecule has 2 aromatic rings. The molecular formula is C12H15N3O2. The summed E-state index contributed by atoms with van der Waals surface area (Å²) in [7, 11) is 0. The third-order valence-electron chi connectivity index (χ3n) is 2.43. The number of hydrogen-bond donors (Lipinski definition) is 2. The van der Waals surface area contributed by atoms with E-state index >= 15 is 0 Å². The lowest BCUT2D eigenvalue weighted by Crippen LogP contribution is -2.13. The molecule has 0 aliphatic carbocycles. The Hall–Kier alpha value is -1.72. The van der Waals surface area contributed by atoms with E-state index in [1.807, 2.05) is 30.3 Å². The first kappa shape index (κ1) is 11.8. The summed E-state index contributed by atoms with van der Waals surface area (Å²) in [6.45, 7) is 0.00684. The van der Waals surface area contributed by atoms with E-state index in [-0.39, 0.29) is 12.6 Å². The van der Waals surface area contributed by atoms with Crippen molar-refractivity contribution >= 4 is 0 Å². The number of nitrogens with two attached hydrogens (primary N) is 1. The zero-order valence-electron chi connectivity index (χ0n) is 9.41. The summed E-state index contributed by atoms with van der Waals surface area (Å²) < 4.78 is 5.05. The van der Waals surface area contributed by atoms with Crippen LogP contribution >= 0.6 is 0 Å². The lowest BCUT2D eigenvalue weighted by molar-refractivity contribution is 0.292. The van der Waals surface area contributed by atoms with E-state index in [9.17, 15) is 0 Å². The van der Waals surface area contributed by atoms with Crippen LogP contribution in [-0.2, 0) is 12.8 Å². The van der Waals surface area contributed by atoms with Gasteiger partial charge < -0.3 is 15.4 Å². The Bertz CT molecular complexity index is 456. The number of rotatable bonds is 5. The van der Waals surface area contributed by atoms with E-state index in [4.69, 9.17) is 15.4 Å². The van der Waals surface area contributed by atoms with Gasteiger partial charge in [0.2, 0.25) is 5.89 Å². The second kappa shape index (κ2) is 5.56. The van der Waals surface area contributed by atoms with Crippen molar-refractivity contribution in [1.29, 1.82) is 0 Å². The lowest BCUT2D eigenvalue weighted by atomic mass is 10.1. The first-order valence-corrected chi connectivity index (χ1v) is 5.52. The molecule has 1 aromatic carbocycles. The molecule has 1 heterocycles. The van der Waals surface area contributed by atoms with Crippen LogP contribution in [0.3, 0.4) is 0 Å². The molecule has 1 aromatic heterocycles. The number of aliphatic hydroxyl groups excluding tert-OH is 1. The SMILES string of the molecule is NC(Cc1ccccc1)c1nc(CCO)no1. The summed E-state index contributed by atoms with van der Waals surface area (Å²) in [5.41, 5.74) is 7.10. The highest BCUT2D eigenvalue weighted by atomic mass is 16.5. The number of nitrogens with zero attached hydrogens (tertiary/aromatic N) is 2. The Morgan fingerprint density at radius 1 is 1.29 bits per heavy atom. The van der Waals surface area contributed by atoms with Crippen molar-refractivity contribution in [3.63, 3.8) is 0 Å². The van der Waals surface area contributed by atoms with E-state index in [1.54, 1.807) is 0 Å². The molecular weight excluding hydrogens is 218 g/mol. The molecule has 17 heavy (non-hydrogen) atoms. The van der Waals surface area contributed by atoms with Gasteiger partial charge in [0.25, 0.3) is 0 Å². The quantitative estimate of drug-likeness (QED) is 0.799. The molecule has 0 fully saturated rings. The Kier molecular flexibility index (Phi) is 3.85. The summed E-state index contributed by atoms with van der Waals surface area (Å²) in [5.74, 6) is 0.906. The van der Waals surface area contributed by atoms with Crippen molar-refractivity contribution in [2.75, 3.05) is 6.61 Å². The summed E-state index contributed by atoms with van der Waals surface area (Å²) >= 11 is 0. The molecule has 90 valence electrons. The monoisotopic (exact) mass is 233 g/mol. The minimum Gasteiger partial charge on any atom is -0.396 e. The van der Waals surface area contributed by atoms with Gasteiger partial charge in [0.05, 0.1) is 12.6 Å². The van der Waals surface area contributed by atoms with Crippen molar-refractivity contribution in [3.05, 3.63) is 47.6 Å². The van der Waals surface area contributed by atoms with Gasteiger partial charge in [-0.15, -0.1) is 0 Å². The highest BCUT2D eigenvalue weighted by molar-refractivity contribution is 5.16. The first-order chi connectivity index (χ1) is 8.29. The van der Waals surface area contributed by atoms with Gasteiger partial charge >= 0.3 is 0 Å². The Labute approximate surface area is 99.3 Å². The molecule has 5 heteroatoms. The molecule has 3 N–H and O–H groups in total. The highest BCUT2D eigenvalue weighted by Gasteiger charge is 2.14. The maximum atomic E-state index is 8.75. The normalized spacial score (nSPS) is 12.6. The molecule has 1 atom stereocenters. The third kappa shape index (κ3) is 3.12. The van der Waals surface area contributed by atoms with Gasteiger partial charge in [0.15, 0.2) is 5.82 Å². The Morgan fingerprint density at radius 3 is 2.76 bits per heavy atom. The summed E-state index contributed by atoms with van der Waals surface area (Å²) in [6, 6.07) is 9.59. The lowest BCUT2D eigenvalue weighted by Gasteiger charge is -2.05. The zero-order valence-corrected chi connectivity index (χ0v) is 9.41.